The van der Waals surface area contributed by atoms with Crippen LogP contribution in [0.3, 0.4) is 0 Å². The van der Waals surface area contributed by atoms with Gasteiger partial charge in [-0.15, -0.1) is 0 Å². The van der Waals surface area contributed by atoms with Gasteiger partial charge in [-0.3, -0.25) is 0 Å². The van der Waals surface area contributed by atoms with Crippen molar-refractivity contribution in [2.75, 3.05) is 18.1 Å². The first-order valence-corrected chi connectivity index (χ1v) is 6.99. The third-order valence-corrected chi connectivity index (χ3v) is 3.95. The molecule has 3 heteroatoms. The quantitative estimate of drug-likeness (QED) is 0.894. The molecule has 3 nitrogen and oxygen atoms in total. The average molecular weight is 269 g/mol. The van der Waals surface area contributed by atoms with E-state index in [1.807, 2.05) is 42.5 Å². The Morgan fingerprint density at radius 2 is 1.70 bits per heavy atom. The monoisotopic (exact) mass is 269 g/mol. The van der Waals surface area contributed by atoms with Gasteiger partial charge >= 0.3 is 0 Å². The highest BCUT2D eigenvalue weighted by atomic mass is 16.3. The van der Waals surface area contributed by atoms with Gasteiger partial charge < -0.3 is 15.1 Å². The fraction of sp³-hybridized carbons (Fsp3) is 0.294. The van der Waals surface area contributed by atoms with Crippen LogP contribution in [0, 0.1) is 0 Å². The molecule has 0 saturated heterocycles. The summed E-state index contributed by atoms with van der Waals surface area (Å²) < 4.78 is 0. The molecule has 2 atom stereocenters. The molecule has 0 bridgehead atoms. The fourth-order valence-corrected chi connectivity index (χ4v) is 3.01. The molecule has 3 rings (SSSR count). The van der Waals surface area contributed by atoms with E-state index in [0.717, 1.165) is 24.2 Å². The van der Waals surface area contributed by atoms with Crippen molar-refractivity contribution in [3.63, 3.8) is 0 Å². The lowest BCUT2D eigenvalue weighted by Crippen LogP contribution is -2.37. The average Bonchev–Trinajstić information content (AvgIpc) is 2.92. The Balaban J connectivity index is 2.00. The summed E-state index contributed by atoms with van der Waals surface area (Å²) in [7, 11) is 0. The summed E-state index contributed by atoms with van der Waals surface area (Å²) in [6.45, 7) is 0.633. The summed E-state index contributed by atoms with van der Waals surface area (Å²) >= 11 is 0. The number of aliphatic hydroxyl groups is 2. The van der Waals surface area contributed by atoms with Gasteiger partial charge in [-0.1, -0.05) is 48.5 Å². The van der Waals surface area contributed by atoms with E-state index in [9.17, 15) is 10.2 Å². The van der Waals surface area contributed by atoms with Crippen molar-refractivity contribution in [1.29, 1.82) is 0 Å². The summed E-state index contributed by atoms with van der Waals surface area (Å²) in [5.41, 5.74) is 3.50. The number of hydrogen-bond donors (Lipinski definition) is 2. The first-order chi connectivity index (χ1) is 9.81. The molecule has 0 amide bonds. The molecule has 1 heterocycles. The van der Waals surface area contributed by atoms with E-state index >= 15 is 0 Å². The van der Waals surface area contributed by atoms with Gasteiger partial charge in [0, 0.05) is 12.2 Å². The van der Waals surface area contributed by atoms with E-state index in [1.165, 1.54) is 5.56 Å². The van der Waals surface area contributed by atoms with Crippen molar-refractivity contribution in [2.24, 2.45) is 0 Å². The molecular weight excluding hydrogens is 250 g/mol. The topological polar surface area (TPSA) is 43.7 Å². The van der Waals surface area contributed by atoms with Crippen molar-refractivity contribution >= 4 is 5.69 Å². The van der Waals surface area contributed by atoms with E-state index in [-0.39, 0.29) is 12.6 Å². The first-order valence-electron chi connectivity index (χ1n) is 6.99. The summed E-state index contributed by atoms with van der Waals surface area (Å²) in [6, 6.07) is 18.0. The van der Waals surface area contributed by atoms with Crippen LogP contribution in [-0.2, 0) is 6.42 Å². The maximum atomic E-state index is 10.3. The highest BCUT2D eigenvalue weighted by Gasteiger charge is 2.31. The minimum Gasteiger partial charge on any atom is -0.394 e. The van der Waals surface area contributed by atoms with Gasteiger partial charge in [-0.05, 0) is 23.6 Å². The fourth-order valence-electron chi connectivity index (χ4n) is 3.01. The molecule has 1 aliphatic rings. The molecule has 2 N–H and O–H groups in total. The number of nitrogens with zero attached hydrogens (tertiary/aromatic N) is 1. The Bertz CT molecular complexity index is 570. The summed E-state index contributed by atoms with van der Waals surface area (Å²) in [4.78, 5) is 2.20. The van der Waals surface area contributed by atoms with Crippen LogP contribution in [0.1, 0.15) is 17.2 Å². The Labute approximate surface area is 119 Å². The van der Waals surface area contributed by atoms with Crippen LogP contribution in [-0.4, -0.2) is 29.5 Å². The summed E-state index contributed by atoms with van der Waals surface area (Å²) in [6.07, 6.45) is 0.195. The van der Waals surface area contributed by atoms with Crippen LogP contribution in [0.25, 0.3) is 0 Å². The maximum Gasteiger partial charge on any atom is 0.101 e. The number of anilines is 1. The van der Waals surface area contributed by atoms with Crippen molar-refractivity contribution in [3.8, 4) is 0 Å². The minimum absolute atomic E-state index is 0.204. The molecule has 1 aliphatic heterocycles. The molecule has 2 aromatic rings. The zero-order valence-electron chi connectivity index (χ0n) is 11.3. The standard InChI is InChI=1S/C17H19NO2/c19-12-16(20)17(14-7-2-1-3-8-14)18-11-10-13-6-4-5-9-15(13)18/h1-9,16-17,19-20H,10-12H2/t16-,17+/m0/s1. The van der Waals surface area contributed by atoms with Crippen LogP contribution >= 0.6 is 0 Å². The van der Waals surface area contributed by atoms with Crippen molar-refractivity contribution in [1.82, 2.24) is 0 Å². The molecule has 0 aliphatic carbocycles. The highest BCUT2D eigenvalue weighted by Crippen LogP contribution is 2.36. The number of benzene rings is 2. The van der Waals surface area contributed by atoms with Crippen LogP contribution in [0.5, 0.6) is 0 Å². The molecule has 0 saturated carbocycles. The third-order valence-electron chi connectivity index (χ3n) is 3.95. The number of hydrogen-bond acceptors (Lipinski definition) is 3. The van der Waals surface area contributed by atoms with Crippen LogP contribution < -0.4 is 4.90 Å². The van der Waals surface area contributed by atoms with Crippen LogP contribution in [0.2, 0.25) is 0 Å². The Kier molecular flexibility index (Phi) is 3.72. The normalized spacial score (nSPS) is 16.8. The first kappa shape index (κ1) is 13.2. The minimum atomic E-state index is -0.788. The molecule has 0 fully saturated rings. The van der Waals surface area contributed by atoms with Gasteiger partial charge in [-0.2, -0.15) is 0 Å². The van der Waals surface area contributed by atoms with Gasteiger partial charge in [0.1, 0.15) is 6.10 Å². The molecule has 0 radical (unpaired) electrons. The lowest BCUT2D eigenvalue weighted by atomic mass is 10.00. The SMILES string of the molecule is OC[C@H](O)[C@@H](c1ccccc1)N1CCc2ccccc21. The number of fused-ring (bicyclic) bond motifs is 1. The van der Waals surface area contributed by atoms with Gasteiger partial charge in [-0.25, -0.2) is 0 Å². The predicted molar refractivity (Wildman–Crippen MR) is 79.8 cm³/mol. The van der Waals surface area contributed by atoms with Crippen molar-refractivity contribution in [2.45, 2.75) is 18.6 Å². The van der Waals surface area contributed by atoms with Crippen molar-refractivity contribution < 1.29 is 10.2 Å². The Morgan fingerprint density at radius 1 is 1.00 bits per heavy atom. The molecule has 104 valence electrons. The van der Waals surface area contributed by atoms with Crippen LogP contribution in [0.4, 0.5) is 5.69 Å². The zero-order chi connectivity index (χ0) is 13.9. The summed E-state index contributed by atoms with van der Waals surface area (Å²) in [5, 5.41) is 19.7. The smallest absolute Gasteiger partial charge is 0.101 e. The maximum absolute atomic E-state index is 10.3. The molecular formula is C17H19NO2. The third kappa shape index (κ3) is 2.30. The van der Waals surface area contributed by atoms with Gasteiger partial charge in [0.15, 0.2) is 0 Å². The molecule has 0 aromatic heterocycles. The second kappa shape index (κ2) is 5.65. The number of aliphatic hydroxyl groups excluding tert-OH is 2. The highest BCUT2D eigenvalue weighted by molar-refractivity contribution is 5.59. The van der Waals surface area contributed by atoms with Crippen molar-refractivity contribution in [3.05, 3.63) is 65.7 Å². The molecule has 20 heavy (non-hydrogen) atoms. The molecule has 0 unspecified atom stereocenters. The van der Waals surface area contributed by atoms with E-state index in [2.05, 4.69) is 17.0 Å². The Morgan fingerprint density at radius 3 is 2.45 bits per heavy atom. The molecule has 2 aromatic carbocycles. The van der Waals surface area contributed by atoms with E-state index in [1.54, 1.807) is 0 Å². The number of para-hydroxylation sites is 1. The zero-order valence-corrected chi connectivity index (χ0v) is 11.3. The van der Waals surface area contributed by atoms with Gasteiger partial charge in [0.25, 0.3) is 0 Å². The second-order valence-corrected chi connectivity index (χ2v) is 5.18. The van der Waals surface area contributed by atoms with Crippen LogP contribution in [0.15, 0.2) is 54.6 Å². The van der Waals surface area contributed by atoms with Gasteiger partial charge in [0.2, 0.25) is 0 Å². The lowest BCUT2D eigenvalue weighted by molar-refractivity contribution is 0.0717. The van der Waals surface area contributed by atoms with Gasteiger partial charge in [0.05, 0.1) is 12.6 Å². The lowest BCUT2D eigenvalue weighted by Gasteiger charge is -2.33. The Hall–Kier alpha value is -1.84. The van der Waals surface area contributed by atoms with E-state index < -0.39 is 6.10 Å². The predicted octanol–water partition coefficient (Wildman–Crippen LogP) is 2.14. The largest absolute Gasteiger partial charge is 0.394 e. The molecule has 0 spiro atoms. The second-order valence-electron chi connectivity index (χ2n) is 5.18. The van der Waals surface area contributed by atoms with E-state index in [4.69, 9.17) is 0 Å². The summed E-state index contributed by atoms with van der Waals surface area (Å²) in [5.74, 6) is 0. The number of rotatable bonds is 4. The van der Waals surface area contributed by atoms with E-state index in [0.29, 0.717) is 0 Å².